The number of carboxylic acid groups (broad SMARTS) is 1. The summed E-state index contributed by atoms with van der Waals surface area (Å²) in [6, 6.07) is 3.64. The zero-order valence-corrected chi connectivity index (χ0v) is 11.4. The molecule has 1 aromatic carbocycles. The van der Waals surface area contributed by atoms with E-state index < -0.39 is 28.9 Å². The summed E-state index contributed by atoms with van der Waals surface area (Å²) >= 11 is 0. The molecule has 0 aliphatic carbocycles. The van der Waals surface area contributed by atoms with Gasteiger partial charge in [-0.2, -0.15) is 0 Å². The summed E-state index contributed by atoms with van der Waals surface area (Å²) in [6.07, 6.45) is -0.0310. The van der Waals surface area contributed by atoms with Gasteiger partial charge in [0.15, 0.2) is 11.6 Å². The Kier molecular flexibility index (Phi) is 5.19. The van der Waals surface area contributed by atoms with E-state index in [0.717, 1.165) is 6.07 Å². The van der Waals surface area contributed by atoms with E-state index in [1.165, 1.54) is 12.1 Å². The van der Waals surface area contributed by atoms with Crippen molar-refractivity contribution in [3.63, 3.8) is 0 Å². The molecule has 110 valence electrons. The zero-order chi connectivity index (χ0) is 15.3. The molecule has 0 atom stereocenters. The van der Waals surface area contributed by atoms with Gasteiger partial charge in [0, 0.05) is 12.1 Å². The molecule has 4 nitrogen and oxygen atoms in total. The fourth-order valence-corrected chi connectivity index (χ4v) is 1.54. The van der Waals surface area contributed by atoms with Crippen LogP contribution in [0.1, 0.15) is 25.8 Å². The summed E-state index contributed by atoms with van der Waals surface area (Å²) in [7, 11) is 0. The minimum atomic E-state index is -1.03. The molecule has 0 aromatic heterocycles. The highest BCUT2D eigenvalue weighted by Gasteiger charge is 2.26. The van der Waals surface area contributed by atoms with Crippen LogP contribution in [0.4, 0.5) is 8.78 Å². The van der Waals surface area contributed by atoms with Crippen molar-refractivity contribution in [2.45, 2.75) is 26.7 Å². The molecule has 0 heterocycles. The SMILES string of the molecule is CC(C)(CCNC(=O)Cc1cccc(F)c1F)C(=O)O. The minimum Gasteiger partial charge on any atom is -0.481 e. The fraction of sp³-hybridized carbons (Fsp3) is 0.429. The van der Waals surface area contributed by atoms with Crippen LogP contribution in [0.3, 0.4) is 0 Å². The molecule has 2 N–H and O–H groups in total. The highest BCUT2D eigenvalue weighted by Crippen LogP contribution is 2.19. The van der Waals surface area contributed by atoms with Gasteiger partial charge in [0.05, 0.1) is 11.8 Å². The van der Waals surface area contributed by atoms with E-state index in [1.807, 2.05) is 0 Å². The molecule has 0 saturated heterocycles. The van der Waals surface area contributed by atoms with Gasteiger partial charge in [0.25, 0.3) is 0 Å². The van der Waals surface area contributed by atoms with Crippen molar-refractivity contribution in [1.82, 2.24) is 5.32 Å². The number of carboxylic acids is 1. The molecule has 0 aliphatic rings. The lowest BCUT2D eigenvalue weighted by atomic mass is 9.90. The summed E-state index contributed by atoms with van der Waals surface area (Å²) in [6.45, 7) is 3.26. The third kappa shape index (κ3) is 4.29. The first-order valence-corrected chi connectivity index (χ1v) is 6.17. The van der Waals surface area contributed by atoms with Crippen molar-refractivity contribution < 1.29 is 23.5 Å². The van der Waals surface area contributed by atoms with E-state index in [-0.39, 0.29) is 24.9 Å². The Bertz CT molecular complexity index is 515. The van der Waals surface area contributed by atoms with Gasteiger partial charge >= 0.3 is 5.97 Å². The Morgan fingerprint density at radius 2 is 1.95 bits per heavy atom. The molecule has 0 radical (unpaired) electrons. The van der Waals surface area contributed by atoms with Crippen LogP contribution in [0.5, 0.6) is 0 Å². The van der Waals surface area contributed by atoms with Crippen LogP contribution in [0.15, 0.2) is 18.2 Å². The van der Waals surface area contributed by atoms with E-state index >= 15 is 0 Å². The zero-order valence-electron chi connectivity index (χ0n) is 11.4. The van der Waals surface area contributed by atoms with E-state index in [9.17, 15) is 18.4 Å². The standard InChI is InChI=1S/C14H17F2NO3/c1-14(2,13(19)20)6-7-17-11(18)8-9-4-3-5-10(15)12(9)16/h3-5H,6-8H2,1-2H3,(H,17,18)(H,19,20). The second kappa shape index (κ2) is 6.45. The maximum absolute atomic E-state index is 13.3. The van der Waals surface area contributed by atoms with Crippen molar-refractivity contribution in [2.75, 3.05) is 6.54 Å². The molecule has 0 bridgehead atoms. The average molecular weight is 285 g/mol. The largest absolute Gasteiger partial charge is 0.481 e. The normalized spacial score (nSPS) is 11.2. The molecule has 0 saturated carbocycles. The number of hydrogen-bond donors (Lipinski definition) is 2. The molecular formula is C14H17F2NO3. The molecule has 1 rings (SSSR count). The first-order valence-electron chi connectivity index (χ1n) is 6.17. The van der Waals surface area contributed by atoms with Crippen LogP contribution in [-0.4, -0.2) is 23.5 Å². The Morgan fingerprint density at radius 3 is 2.55 bits per heavy atom. The van der Waals surface area contributed by atoms with Crippen molar-refractivity contribution in [3.8, 4) is 0 Å². The van der Waals surface area contributed by atoms with E-state index in [4.69, 9.17) is 5.11 Å². The lowest BCUT2D eigenvalue weighted by molar-refractivity contribution is -0.147. The van der Waals surface area contributed by atoms with Crippen molar-refractivity contribution in [1.29, 1.82) is 0 Å². The van der Waals surface area contributed by atoms with Gasteiger partial charge in [-0.1, -0.05) is 12.1 Å². The smallest absolute Gasteiger partial charge is 0.309 e. The third-order valence-corrected chi connectivity index (χ3v) is 3.03. The number of amides is 1. The van der Waals surface area contributed by atoms with E-state index in [0.29, 0.717) is 0 Å². The molecule has 0 aliphatic heterocycles. The maximum Gasteiger partial charge on any atom is 0.309 e. The molecule has 1 aromatic rings. The molecule has 0 spiro atoms. The Balaban J connectivity index is 2.49. The first kappa shape index (κ1) is 16.1. The van der Waals surface area contributed by atoms with Crippen LogP contribution in [-0.2, 0) is 16.0 Å². The van der Waals surface area contributed by atoms with Gasteiger partial charge in [0.2, 0.25) is 5.91 Å². The summed E-state index contributed by atoms with van der Waals surface area (Å²) < 4.78 is 26.3. The summed E-state index contributed by atoms with van der Waals surface area (Å²) in [5.74, 6) is -3.46. The lowest BCUT2D eigenvalue weighted by Crippen LogP contribution is -2.32. The molecular weight excluding hydrogens is 268 g/mol. The van der Waals surface area contributed by atoms with Gasteiger partial charge in [-0.3, -0.25) is 9.59 Å². The number of halogens is 2. The molecule has 0 fully saturated rings. The molecule has 1 amide bonds. The molecule has 6 heteroatoms. The number of benzene rings is 1. The second-order valence-electron chi connectivity index (χ2n) is 5.18. The van der Waals surface area contributed by atoms with Crippen LogP contribution in [0, 0.1) is 17.0 Å². The number of hydrogen-bond acceptors (Lipinski definition) is 2. The number of nitrogens with one attached hydrogen (secondary N) is 1. The number of rotatable bonds is 6. The van der Waals surface area contributed by atoms with Gasteiger partial charge < -0.3 is 10.4 Å². The van der Waals surface area contributed by atoms with Crippen molar-refractivity contribution >= 4 is 11.9 Å². The lowest BCUT2D eigenvalue weighted by Gasteiger charge is -2.18. The van der Waals surface area contributed by atoms with Gasteiger partial charge in [-0.05, 0) is 26.3 Å². The van der Waals surface area contributed by atoms with Crippen molar-refractivity contribution in [3.05, 3.63) is 35.4 Å². The van der Waals surface area contributed by atoms with Gasteiger partial charge in [-0.25, -0.2) is 8.78 Å². The highest BCUT2D eigenvalue weighted by molar-refractivity contribution is 5.78. The number of carbonyl (C=O) groups is 2. The van der Waals surface area contributed by atoms with Gasteiger partial charge in [0.1, 0.15) is 0 Å². The predicted octanol–water partition coefficient (Wildman–Crippen LogP) is 2.12. The topological polar surface area (TPSA) is 66.4 Å². The Labute approximate surface area is 115 Å². The fourth-order valence-electron chi connectivity index (χ4n) is 1.54. The second-order valence-corrected chi connectivity index (χ2v) is 5.18. The number of aliphatic carboxylic acids is 1. The van der Waals surface area contributed by atoms with Crippen LogP contribution in [0.2, 0.25) is 0 Å². The predicted molar refractivity (Wildman–Crippen MR) is 69.1 cm³/mol. The van der Waals surface area contributed by atoms with E-state index in [1.54, 1.807) is 13.8 Å². The summed E-state index contributed by atoms with van der Waals surface area (Å²) in [5.41, 5.74) is -0.975. The third-order valence-electron chi connectivity index (χ3n) is 3.03. The van der Waals surface area contributed by atoms with Crippen LogP contribution in [0.25, 0.3) is 0 Å². The maximum atomic E-state index is 13.3. The molecule has 0 unspecified atom stereocenters. The number of carbonyl (C=O) groups excluding carboxylic acids is 1. The monoisotopic (exact) mass is 285 g/mol. The quantitative estimate of drug-likeness (QED) is 0.841. The first-order chi connectivity index (χ1) is 9.24. The van der Waals surface area contributed by atoms with Crippen LogP contribution < -0.4 is 5.32 Å². The van der Waals surface area contributed by atoms with Crippen LogP contribution >= 0.6 is 0 Å². The Morgan fingerprint density at radius 1 is 1.30 bits per heavy atom. The minimum absolute atomic E-state index is 0.0278. The average Bonchev–Trinajstić information content (AvgIpc) is 2.34. The summed E-state index contributed by atoms with van der Waals surface area (Å²) in [5, 5.41) is 11.4. The van der Waals surface area contributed by atoms with E-state index in [2.05, 4.69) is 5.32 Å². The molecule has 20 heavy (non-hydrogen) atoms. The van der Waals surface area contributed by atoms with Gasteiger partial charge in [-0.15, -0.1) is 0 Å². The Hall–Kier alpha value is -1.98. The highest BCUT2D eigenvalue weighted by atomic mass is 19.2. The van der Waals surface area contributed by atoms with Crippen molar-refractivity contribution in [2.24, 2.45) is 5.41 Å². The summed E-state index contributed by atoms with van der Waals surface area (Å²) in [4.78, 5) is 22.4.